The van der Waals surface area contributed by atoms with Gasteiger partial charge in [0, 0.05) is 30.7 Å². The maximum Gasteiger partial charge on any atom is 0.254 e. The van der Waals surface area contributed by atoms with Crippen LogP contribution in [0.15, 0.2) is 67.0 Å². The first-order valence-electron chi connectivity index (χ1n) is 9.73. The molecule has 0 bridgehead atoms. The Morgan fingerprint density at radius 2 is 1.79 bits per heavy atom. The standard InChI is InChI=1S/C23H24N4O/c1-17-14-19-11-5-6-12-21(19)27(17)23-25-15-20(16-26-23)22(28)24-13-7-10-18-8-3-2-4-9-18/h2-6,8-9,11-12,15-17H,7,10,13-14H2,1H3,(H,24,28). The summed E-state index contributed by atoms with van der Waals surface area (Å²) < 4.78 is 0. The van der Waals surface area contributed by atoms with Gasteiger partial charge in [0.1, 0.15) is 0 Å². The number of hydrogen-bond donors (Lipinski definition) is 1. The van der Waals surface area contributed by atoms with E-state index in [1.807, 2.05) is 24.3 Å². The van der Waals surface area contributed by atoms with Crippen molar-refractivity contribution in [2.24, 2.45) is 0 Å². The molecule has 5 heteroatoms. The van der Waals surface area contributed by atoms with Gasteiger partial charge in [0.05, 0.1) is 5.56 Å². The second-order valence-electron chi connectivity index (χ2n) is 7.17. The predicted octanol–water partition coefficient (Wildman–Crippen LogP) is 3.92. The van der Waals surface area contributed by atoms with E-state index in [1.54, 1.807) is 12.4 Å². The van der Waals surface area contributed by atoms with Gasteiger partial charge < -0.3 is 10.2 Å². The lowest BCUT2D eigenvalue weighted by atomic mass is 10.1. The van der Waals surface area contributed by atoms with Crippen molar-refractivity contribution in [1.82, 2.24) is 15.3 Å². The van der Waals surface area contributed by atoms with Gasteiger partial charge in [-0.1, -0.05) is 48.5 Å². The Bertz CT molecular complexity index is 940. The van der Waals surface area contributed by atoms with E-state index in [2.05, 4.69) is 57.4 Å². The van der Waals surface area contributed by atoms with Gasteiger partial charge >= 0.3 is 0 Å². The highest BCUT2D eigenvalue weighted by Crippen LogP contribution is 2.36. The van der Waals surface area contributed by atoms with Crippen molar-refractivity contribution in [2.45, 2.75) is 32.2 Å². The van der Waals surface area contributed by atoms with E-state index >= 15 is 0 Å². The van der Waals surface area contributed by atoms with Gasteiger partial charge in [-0.15, -0.1) is 0 Å². The van der Waals surface area contributed by atoms with Crippen molar-refractivity contribution >= 4 is 17.5 Å². The first-order chi connectivity index (χ1) is 13.7. The van der Waals surface area contributed by atoms with Crippen LogP contribution in [-0.4, -0.2) is 28.5 Å². The van der Waals surface area contributed by atoms with Crippen molar-refractivity contribution in [3.63, 3.8) is 0 Å². The maximum absolute atomic E-state index is 12.3. The number of fused-ring (bicyclic) bond motifs is 1. The van der Waals surface area contributed by atoms with Crippen LogP contribution in [0.3, 0.4) is 0 Å². The van der Waals surface area contributed by atoms with Crippen molar-refractivity contribution in [3.05, 3.63) is 83.7 Å². The Kier molecular flexibility index (Phi) is 5.33. The molecule has 2 aromatic carbocycles. The molecule has 5 nitrogen and oxygen atoms in total. The summed E-state index contributed by atoms with van der Waals surface area (Å²) in [6, 6.07) is 18.9. The molecule has 0 saturated carbocycles. The minimum atomic E-state index is -0.130. The number of carbonyl (C=O) groups is 1. The highest BCUT2D eigenvalue weighted by molar-refractivity contribution is 5.93. The largest absolute Gasteiger partial charge is 0.352 e. The third-order valence-electron chi connectivity index (χ3n) is 5.09. The Hall–Kier alpha value is -3.21. The van der Waals surface area contributed by atoms with Crippen LogP contribution in [0.25, 0.3) is 0 Å². The molecule has 1 unspecified atom stereocenters. The van der Waals surface area contributed by atoms with Crippen molar-refractivity contribution < 1.29 is 4.79 Å². The number of anilines is 2. The molecule has 1 aliphatic rings. The van der Waals surface area contributed by atoms with Crippen LogP contribution < -0.4 is 10.2 Å². The van der Waals surface area contributed by atoms with Crippen LogP contribution in [0.4, 0.5) is 11.6 Å². The van der Waals surface area contributed by atoms with Crippen LogP contribution in [-0.2, 0) is 12.8 Å². The van der Waals surface area contributed by atoms with E-state index in [-0.39, 0.29) is 5.91 Å². The molecule has 0 radical (unpaired) electrons. The molecule has 1 amide bonds. The van der Waals surface area contributed by atoms with Crippen molar-refractivity contribution in [1.29, 1.82) is 0 Å². The van der Waals surface area contributed by atoms with Crippen LogP contribution in [0, 0.1) is 0 Å². The normalized spacial score (nSPS) is 15.3. The average molecular weight is 372 g/mol. The monoisotopic (exact) mass is 372 g/mol. The number of aryl methyl sites for hydroxylation is 1. The molecule has 0 aliphatic carbocycles. The van der Waals surface area contributed by atoms with Crippen LogP contribution >= 0.6 is 0 Å². The van der Waals surface area contributed by atoms with Gasteiger partial charge in [-0.25, -0.2) is 9.97 Å². The SMILES string of the molecule is CC1Cc2ccccc2N1c1ncc(C(=O)NCCCc2ccccc2)cn1. The second-order valence-corrected chi connectivity index (χ2v) is 7.17. The molecule has 0 fully saturated rings. The molecule has 1 aromatic heterocycles. The van der Waals surface area contributed by atoms with Gasteiger partial charge in [-0.2, -0.15) is 0 Å². The van der Waals surface area contributed by atoms with E-state index in [0.29, 0.717) is 24.1 Å². The lowest BCUT2D eigenvalue weighted by molar-refractivity contribution is 0.0952. The third-order valence-corrected chi connectivity index (χ3v) is 5.09. The maximum atomic E-state index is 12.3. The summed E-state index contributed by atoms with van der Waals surface area (Å²) in [5, 5.41) is 2.95. The minimum absolute atomic E-state index is 0.130. The molecule has 0 spiro atoms. The summed E-state index contributed by atoms with van der Waals surface area (Å²) in [6.07, 6.45) is 6.05. The van der Waals surface area contributed by atoms with E-state index in [0.717, 1.165) is 24.9 Å². The molecule has 1 N–H and O–H groups in total. The summed E-state index contributed by atoms with van der Waals surface area (Å²) in [5.41, 5.74) is 4.22. The van der Waals surface area contributed by atoms with Gasteiger partial charge in [0.2, 0.25) is 5.95 Å². The molecular formula is C23H24N4O. The molecular weight excluding hydrogens is 348 g/mol. The summed E-state index contributed by atoms with van der Waals surface area (Å²) in [5.74, 6) is 0.507. The fourth-order valence-corrected chi connectivity index (χ4v) is 3.67. The molecule has 2 heterocycles. The predicted molar refractivity (Wildman–Crippen MR) is 111 cm³/mol. The lowest BCUT2D eigenvalue weighted by Gasteiger charge is -2.22. The van der Waals surface area contributed by atoms with Crippen LogP contribution in [0.2, 0.25) is 0 Å². The third kappa shape index (κ3) is 3.88. The zero-order valence-electron chi connectivity index (χ0n) is 16.0. The fraction of sp³-hybridized carbons (Fsp3) is 0.261. The zero-order valence-corrected chi connectivity index (χ0v) is 16.0. The smallest absolute Gasteiger partial charge is 0.254 e. The highest BCUT2D eigenvalue weighted by atomic mass is 16.1. The number of hydrogen-bond acceptors (Lipinski definition) is 4. The van der Waals surface area contributed by atoms with Gasteiger partial charge in [0.25, 0.3) is 5.91 Å². The molecule has 28 heavy (non-hydrogen) atoms. The number of benzene rings is 2. The van der Waals surface area contributed by atoms with E-state index in [9.17, 15) is 4.79 Å². The summed E-state index contributed by atoms with van der Waals surface area (Å²) in [7, 11) is 0. The first-order valence-corrected chi connectivity index (χ1v) is 9.73. The van der Waals surface area contributed by atoms with Crippen molar-refractivity contribution in [3.8, 4) is 0 Å². The number of rotatable bonds is 6. The summed E-state index contributed by atoms with van der Waals surface area (Å²) >= 11 is 0. The number of nitrogens with zero attached hydrogens (tertiary/aromatic N) is 3. The van der Waals surface area contributed by atoms with Gasteiger partial charge in [-0.05, 0) is 43.4 Å². The first kappa shape index (κ1) is 18.2. The number of nitrogens with one attached hydrogen (secondary N) is 1. The van der Waals surface area contributed by atoms with E-state index < -0.39 is 0 Å². The van der Waals surface area contributed by atoms with Gasteiger partial charge in [0.15, 0.2) is 0 Å². The number of amides is 1. The molecule has 142 valence electrons. The lowest BCUT2D eigenvalue weighted by Crippen LogP contribution is -2.27. The quantitative estimate of drug-likeness (QED) is 0.666. The molecule has 3 aromatic rings. The Morgan fingerprint density at radius 1 is 1.07 bits per heavy atom. The highest BCUT2D eigenvalue weighted by Gasteiger charge is 2.28. The Morgan fingerprint density at radius 3 is 2.57 bits per heavy atom. The molecule has 1 atom stereocenters. The Labute approximate surface area is 165 Å². The molecule has 1 aliphatic heterocycles. The Balaban J connectivity index is 1.35. The second kappa shape index (κ2) is 8.21. The summed E-state index contributed by atoms with van der Waals surface area (Å²) in [4.78, 5) is 23.4. The van der Waals surface area contributed by atoms with E-state index in [1.165, 1.54) is 11.1 Å². The number of para-hydroxylation sites is 1. The number of carbonyl (C=O) groups excluding carboxylic acids is 1. The van der Waals surface area contributed by atoms with Gasteiger partial charge in [-0.3, -0.25) is 4.79 Å². The molecule has 4 rings (SSSR count). The average Bonchev–Trinajstić information content (AvgIpc) is 3.07. The minimum Gasteiger partial charge on any atom is -0.352 e. The van der Waals surface area contributed by atoms with Crippen LogP contribution in [0.5, 0.6) is 0 Å². The molecule has 0 saturated heterocycles. The van der Waals surface area contributed by atoms with Crippen LogP contribution in [0.1, 0.15) is 34.8 Å². The number of aromatic nitrogens is 2. The topological polar surface area (TPSA) is 58.1 Å². The zero-order chi connectivity index (χ0) is 19.3. The summed E-state index contributed by atoms with van der Waals surface area (Å²) in [6.45, 7) is 2.79. The van der Waals surface area contributed by atoms with E-state index in [4.69, 9.17) is 0 Å². The fourth-order valence-electron chi connectivity index (χ4n) is 3.67. The van der Waals surface area contributed by atoms with Crippen molar-refractivity contribution in [2.75, 3.05) is 11.4 Å².